The lowest BCUT2D eigenvalue weighted by Gasteiger charge is -2.30. The van der Waals surface area contributed by atoms with Gasteiger partial charge in [-0.3, -0.25) is 10.0 Å². The highest BCUT2D eigenvalue weighted by Gasteiger charge is 2.28. The zero-order valence-corrected chi connectivity index (χ0v) is 6.73. The van der Waals surface area contributed by atoms with E-state index < -0.39 is 0 Å². The molecule has 1 aliphatic carbocycles. The molecule has 0 aromatic carbocycles. The molecule has 3 nitrogen and oxygen atoms in total. The number of amides is 1. The molecule has 0 bridgehead atoms. The molecule has 12 heavy (non-hydrogen) atoms. The van der Waals surface area contributed by atoms with Crippen molar-refractivity contribution in [1.29, 1.82) is 0 Å². The lowest BCUT2D eigenvalue weighted by atomic mass is 9.86. The third-order valence-corrected chi connectivity index (χ3v) is 2.43. The predicted octanol–water partition coefficient (Wildman–Crippen LogP) is 1.11. The SMILES string of the molecule is O=C1CC2CC=CC=C2CN1O. The number of hydrogen-bond acceptors (Lipinski definition) is 2. The van der Waals surface area contributed by atoms with E-state index in [1.165, 1.54) is 5.57 Å². The molecule has 2 aliphatic rings. The first-order valence-corrected chi connectivity index (χ1v) is 4.12. The summed E-state index contributed by atoms with van der Waals surface area (Å²) in [4.78, 5) is 11.1. The lowest BCUT2D eigenvalue weighted by Crippen LogP contribution is -2.38. The van der Waals surface area contributed by atoms with Gasteiger partial charge in [0.05, 0.1) is 6.54 Å². The summed E-state index contributed by atoms with van der Waals surface area (Å²) in [5.41, 5.74) is 1.17. The minimum Gasteiger partial charge on any atom is -0.286 e. The molecule has 0 aromatic heterocycles. The van der Waals surface area contributed by atoms with Crippen LogP contribution in [0.3, 0.4) is 0 Å². The van der Waals surface area contributed by atoms with E-state index in [1.54, 1.807) is 0 Å². The Kier molecular flexibility index (Phi) is 1.73. The summed E-state index contributed by atoms with van der Waals surface area (Å²) in [6.07, 6.45) is 7.42. The van der Waals surface area contributed by atoms with Crippen LogP contribution >= 0.6 is 0 Å². The van der Waals surface area contributed by atoms with Gasteiger partial charge in [0, 0.05) is 6.42 Å². The molecule has 1 fully saturated rings. The van der Waals surface area contributed by atoms with Crippen LogP contribution in [0.1, 0.15) is 12.8 Å². The summed E-state index contributed by atoms with van der Waals surface area (Å²) in [6.45, 7) is 0.383. The molecule has 1 unspecified atom stereocenters. The maximum absolute atomic E-state index is 11.1. The Labute approximate surface area is 70.9 Å². The van der Waals surface area contributed by atoms with Crippen LogP contribution in [0.15, 0.2) is 23.8 Å². The molecule has 1 heterocycles. The van der Waals surface area contributed by atoms with Gasteiger partial charge in [-0.05, 0) is 17.9 Å². The molecule has 1 aliphatic heterocycles. The van der Waals surface area contributed by atoms with Crippen LogP contribution in [-0.2, 0) is 4.79 Å². The monoisotopic (exact) mass is 165 g/mol. The van der Waals surface area contributed by atoms with Crippen LogP contribution < -0.4 is 0 Å². The number of hydrogen-bond donors (Lipinski definition) is 1. The molecule has 0 saturated carbocycles. The van der Waals surface area contributed by atoms with Crippen LogP contribution in [0.4, 0.5) is 0 Å². The smallest absolute Gasteiger partial charge is 0.246 e. The Bertz CT molecular complexity index is 268. The first-order valence-electron chi connectivity index (χ1n) is 4.12. The Morgan fingerprint density at radius 1 is 1.58 bits per heavy atom. The molecular formula is C9H11NO2. The van der Waals surface area contributed by atoms with Gasteiger partial charge in [-0.15, -0.1) is 0 Å². The molecule has 1 saturated heterocycles. The van der Waals surface area contributed by atoms with Gasteiger partial charge in [-0.25, -0.2) is 5.06 Å². The van der Waals surface area contributed by atoms with Crippen molar-refractivity contribution in [2.45, 2.75) is 12.8 Å². The Morgan fingerprint density at radius 2 is 2.42 bits per heavy atom. The van der Waals surface area contributed by atoms with Crippen molar-refractivity contribution in [3.63, 3.8) is 0 Å². The van der Waals surface area contributed by atoms with Crippen LogP contribution in [0, 0.1) is 5.92 Å². The molecule has 3 heteroatoms. The molecule has 0 aromatic rings. The van der Waals surface area contributed by atoms with Crippen molar-refractivity contribution < 1.29 is 10.0 Å². The van der Waals surface area contributed by atoms with Crippen LogP contribution in [0.5, 0.6) is 0 Å². The maximum Gasteiger partial charge on any atom is 0.246 e. The Hall–Kier alpha value is -1.09. The fourth-order valence-electron chi connectivity index (χ4n) is 1.70. The van der Waals surface area contributed by atoms with Crippen molar-refractivity contribution >= 4 is 5.91 Å². The average molecular weight is 165 g/mol. The van der Waals surface area contributed by atoms with Crippen molar-refractivity contribution in [1.82, 2.24) is 5.06 Å². The largest absolute Gasteiger partial charge is 0.286 e. The molecule has 1 amide bonds. The molecule has 0 radical (unpaired) electrons. The number of carbonyl (C=O) groups is 1. The van der Waals surface area contributed by atoms with Gasteiger partial charge in [0.2, 0.25) is 5.91 Å². The summed E-state index contributed by atoms with van der Waals surface area (Å²) in [7, 11) is 0. The number of piperidine rings is 1. The third kappa shape index (κ3) is 1.16. The third-order valence-electron chi connectivity index (χ3n) is 2.43. The van der Waals surface area contributed by atoms with E-state index in [0.717, 1.165) is 11.5 Å². The van der Waals surface area contributed by atoms with E-state index in [1.807, 2.05) is 12.2 Å². The van der Waals surface area contributed by atoms with Crippen LogP contribution in [-0.4, -0.2) is 22.7 Å². The summed E-state index contributed by atoms with van der Waals surface area (Å²) in [5, 5.41) is 9.94. The van der Waals surface area contributed by atoms with E-state index in [2.05, 4.69) is 6.08 Å². The number of allylic oxidation sites excluding steroid dienone is 3. The van der Waals surface area contributed by atoms with E-state index >= 15 is 0 Å². The van der Waals surface area contributed by atoms with Crippen molar-refractivity contribution in [3.8, 4) is 0 Å². The van der Waals surface area contributed by atoms with E-state index in [-0.39, 0.29) is 5.91 Å². The van der Waals surface area contributed by atoms with Crippen LogP contribution in [0.2, 0.25) is 0 Å². The van der Waals surface area contributed by atoms with Crippen molar-refractivity contribution in [2.24, 2.45) is 5.92 Å². The fraction of sp³-hybridized carbons (Fsp3) is 0.444. The zero-order valence-electron chi connectivity index (χ0n) is 6.73. The van der Waals surface area contributed by atoms with Crippen LogP contribution in [0.25, 0.3) is 0 Å². The fourth-order valence-corrected chi connectivity index (χ4v) is 1.70. The van der Waals surface area contributed by atoms with Gasteiger partial charge < -0.3 is 0 Å². The molecule has 1 atom stereocenters. The minimum atomic E-state index is -0.160. The normalized spacial score (nSPS) is 28.4. The van der Waals surface area contributed by atoms with Gasteiger partial charge in [0.1, 0.15) is 0 Å². The number of fused-ring (bicyclic) bond motifs is 1. The van der Waals surface area contributed by atoms with Gasteiger partial charge in [-0.1, -0.05) is 18.2 Å². The van der Waals surface area contributed by atoms with Gasteiger partial charge in [0.25, 0.3) is 0 Å². The summed E-state index contributed by atoms with van der Waals surface area (Å²) >= 11 is 0. The van der Waals surface area contributed by atoms with Gasteiger partial charge in [-0.2, -0.15) is 0 Å². The number of carbonyl (C=O) groups excluding carboxylic acids is 1. The van der Waals surface area contributed by atoms with E-state index in [0.29, 0.717) is 18.9 Å². The zero-order chi connectivity index (χ0) is 8.55. The standard InChI is InChI=1S/C9H11NO2/c11-9-5-7-3-1-2-4-8(7)6-10(9)12/h1-2,4,7,12H,3,5-6H2. The van der Waals surface area contributed by atoms with Gasteiger partial charge in [0.15, 0.2) is 0 Å². The molecule has 0 spiro atoms. The molecule has 64 valence electrons. The summed E-state index contributed by atoms with van der Waals surface area (Å²) in [5.74, 6) is 0.179. The Balaban J connectivity index is 2.19. The highest BCUT2D eigenvalue weighted by molar-refractivity contribution is 5.77. The highest BCUT2D eigenvalue weighted by Crippen LogP contribution is 2.28. The second-order valence-electron chi connectivity index (χ2n) is 3.26. The summed E-state index contributed by atoms with van der Waals surface area (Å²) < 4.78 is 0. The van der Waals surface area contributed by atoms with Gasteiger partial charge >= 0.3 is 0 Å². The van der Waals surface area contributed by atoms with Crippen molar-refractivity contribution in [2.75, 3.05) is 6.54 Å². The van der Waals surface area contributed by atoms with E-state index in [9.17, 15) is 4.79 Å². The number of rotatable bonds is 0. The number of hydroxylamine groups is 2. The van der Waals surface area contributed by atoms with E-state index in [4.69, 9.17) is 5.21 Å². The molecule has 1 N–H and O–H groups in total. The quantitative estimate of drug-likeness (QED) is 0.546. The second kappa shape index (κ2) is 2.75. The van der Waals surface area contributed by atoms with Crippen molar-refractivity contribution in [3.05, 3.63) is 23.8 Å². The molecular weight excluding hydrogens is 154 g/mol. The highest BCUT2D eigenvalue weighted by atomic mass is 16.5. The minimum absolute atomic E-state index is 0.160. The first kappa shape index (κ1) is 7.55. The second-order valence-corrected chi connectivity index (χ2v) is 3.26. The predicted molar refractivity (Wildman–Crippen MR) is 43.4 cm³/mol. The topological polar surface area (TPSA) is 40.5 Å². The summed E-state index contributed by atoms with van der Waals surface area (Å²) in [6, 6.07) is 0. The lowest BCUT2D eigenvalue weighted by molar-refractivity contribution is -0.168. The Morgan fingerprint density at radius 3 is 3.25 bits per heavy atom. The first-order chi connectivity index (χ1) is 5.77. The molecule has 2 rings (SSSR count). The number of nitrogens with zero attached hydrogens (tertiary/aromatic N) is 1. The maximum atomic E-state index is 11.1. The average Bonchev–Trinajstić information content (AvgIpc) is 2.07.